The Kier molecular flexibility index (Phi) is 5.30. The highest BCUT2D eigenvalue weighted by Gasteiger charge is 2.19. The fourth-order valence-electron chi connectivity index (χ4n) is 1.72. The molecule has 1 aromatic carbocycles. The molecule has 0 aliphatic heterocycles. The lowest BCUT2D eigenvalue weighted by Crippen LogP contribution is -2.24. The molecule has 0 aromatic heterocycles. The van der Waals surface area contributed by atoms with E-state index < -0.39 is 12.0 Å². The maximum atomic E-state index is 11.0. The molecule has 1 aromatic rings. The highest BCUT2D eigenvalue weighted by atomic mass is 16.4. The van der Waals surface area contributed by atoms with E-state index in [1.807, 2.05) is 0 Å². The van der Waals surface area contributed by atoms with E-state index in [-0.39, 0.29) is 11.7 Å². The van der Waals surface area contributed by atoms with E-state index in [9.17, 15) is 9.90 Å². The SMILES string of the molecule is C=CCc1cccc(C=N[C@H](C(=O)O)C(C)C)c1O. The zero-order valence-corrected chi connectivity index (χ0v) is 11.2. The van der Waals surface area contributed by atoms with Gasteiger partial charge in [-0.25, -0.2) is 4.79 Å². The van der Waals surface area contributed by atoms with Crippen LogP contribution < -0.4 is 0 Å². The van der Waals surface area contributed by atoms with Crippen molar-refractivity contribution in [1.29, 1.82) is 0 Å². The third-order valence-electron chi connectivity index (χ3n) is 2.77. The van der Waals surface area contributed by atoms with Gasteiger partial charge in [0.2, 0.25) is 0 Å². The number of aromatic hydroxyl groups is 1. The summed E-state index contributed by atoms with van der Waals surface area (Å²) >= 11 is 0. The maximum absolute atomic E-state index is 11.0. The van der Waals surface area contributed by atoms with Crippen molar-refractivity contribution >= 4 is 12.2 Å². The Morgan fingerprint density at radius 2 is 2.16 bits per heavy atom. The number of benzene rings is 1. The molecule has 0 fully saturated rings. The van der Waals surface area contributed by atoms with Gasteiger partial charge in [-0.15, -0.1) is 6.58 Å². The standard InChI is InChI=1S/C15H19NO3/c1-4-6-11-7-5-8-12(14(11)17)9-16-13(10(2)3)15(18)19/h4-5,7-10,13,17H,1,6H2,2-3H3,(H,18,19)/t13-/m0/s1. The van der Waals surface area contributed by atoms with Gasteiger partial charge in [-0.2, -0.15) is 0 Å². The van der Waals surface area contributed by atoms with Crippen molar-refractivity contribution in [2.45, 2.75) is 26.3 Å². The Labute approximate surface area is 113 Å². The van der Waals surface area contributed by atoms with Crippen molar-refractivity contribution in [2.75, 3.05) is 0 Å². The molecule has 0 radical (unpaired) electrons. The largest absolute Gasteiger partial charge is 0.507 e. The van der Waals surface area contributed by atoms with E-state index in [1.165, 1.54) is 6.21 Å². The van der Waals surface area contributed by atoms with Crippen LogP contribution in [0.1, 0.15) is 25.0 Å². The van der Waals surface area contributed by atoms with Crippen LogP contribution in [0.5, 0.6) is 5.75 Å². The van der Waals surface area contributed by atoms with Crippen molar-refractivity contribution in [3.05, 3.63) is 42.0 Å². The topological polar surface area (TPSA) is 69.9 Å². The normalized spacial score (nSPS) is 12.8. The van der Waals surface area contributed by atoms with E-state index in [1.54, 1.807) is 38.1 Å². The summed E-state index contributed by atoms with van der Waals surface area (Å²) in [5, 5.41) is 19.1. The second-order valence-corrected chi connectivity index (χ2v) is 4.65. The van der Waals surface area contributed by atoms with Gasteiger partial charge in [0.05, 0.1) is 0 Å². The minimum atomic E-state index is -0.965. The zero-order valence-electron chi connectivity index (χ0n) is 11.2. The lowest BCUT2D eigenvalue weighted by atomic mass is 10.0. The number of nitrogens with zero attached hydrogens (tertiary/aromatic N) is 1. The fraction of sp³-hybridized carbons (Fsp3) is 0.333. The molecule has 102 valence electrons. The zero-order chi connectivity index (χ0) is 14.4. The number of aliphatic carboxylic acids is 1. The Morgan fingerprint density at radius 1 is 1.47 bits per heavy atom. The minimum Gasteiger partial charge on any atom is -0.507 e. The molecule has 2 N–H and O–H groups in total. The molecule has 1 rings (SSSR count). The van der Waals surface area contributed by atoms with Gasteiger partial charge in [0.15, 0.2) is 0 Å². The summed E-state index contributed by atoms with van der Waals surface area (Å²) in [7, 11) is 0. The number of para-hydroxylation sites is 1. The monoisotopic (exact) mass is 261 g/mol. The number of phenolic OH excluding ortho intramolecular Hbond substituents is 1. The molecule has 0 saturated carbocycles. The second kappa shape index (κ2) is 6.73. The number of carboxylic acids is 1. The number of allylic oxidation sites excluding steroid dienone is 1. The highest BCUT2D eigenvalue weighted by Crippen LogP contribution is 2.22. The lowest BCUT2D eigenvalue weighted by Gasteiger charge is -2.11. The summed E-state index contributed by atoms with van der Waals surface area (Å²) < 4.78 is 0. The number of rotatable bonds is 6. The summed E-state index contributed by atoms with van der Waals surface area (Å²) in [5.74, 6) is -0.945. The Balaban J connectivity index is 3.01. The van der Waals surface area contributed by atoms with Gasteiger partial charge >= 0.3 is 5.97 Å². The van der Waals surface area contributed by atoms with Crippen LogP contribution in [-0.4, -0.2) is 28.4 Å². The van der Waals surface area contributed by atoms with Crippen molar-refractivity contribution in [2.24, 2.45) is 10.9 Å². The Morgan fingerprint density at radius 3 is 2.68 bits per heavy atom. The molecule has 0 aliphatic rings. The molecule has 0 aliphatic carbocycles. The molecule has 19 heavy (non-hydrogen) atoms. The van der Waals surface area contributed by atoms with Crippen molar-refractivity contribution in [1.82, 2.24) is 0 Å². The number of hydrogen-bond acceptors (Lipinski definition) is 3. The number of carbonyl (C=O) groups is 1. The third kappa shape index (κ3) is 3.95. The molecular weight excluding hydrogens is 242 g/mol. The quantitative estimate of drug-likeness (QED) is 0.611. The summed E-state index contributed by atoms with van der Waals surface area (Å²) in [6, 6.07) is 4.49. The maximum Gasteiger partial charge on any atom is 0.328 e. The predicted octanol–water partition coefficient (Wildman–Crippen LogP) is 2.65. The van der Waals surface area contributed by atoms with Crippen LogP contribution in [0.15, 0.2) is 35.8 Å². The number of phenols is 1. The first-order chi connectivity index (χ1) is 8.97. The fourth-order valence-corrected chi connectivity index (χ4v) is 1.72. The molecule has 0 amide bonds. The van der Waals surface area contributed by atoms with E-state index in [4.69, 9.17) is 5.11 Å². The Hall–Kier alpha value is -2.10. The molecule has 4 nitrogen and oxygen atoms in total. The van der Waals surface area contributed by atoms with Crippen molar-refractivity contribution in [3.8, 4) is 5.75 Å². The summed E-state index contributed by atoms with van der Waals surface area (Å²) in [5.41, 5.74) is 1.27. The second-order valence-electron chi connectivity index (χ2n) is 4.65. The summed E-state index contributed by atoms with van der Waals surface area (Å²) in [4.78, 5) is 15.1. The molecule has 0 unspecified atom stereocenters. The highest BCUT2D eigenvalue weighted by molar-refractivity contribution is 5.86. The average molecular weight is 261 g/mol. The van der Waals surface area contributed by atoms with Gasteiger partial charge in [0.25, 0.3) is 0 Å². The van der Waals surface area contributed by atoms with E-state index in [0.29, 0.717) is 12.0 Å². The minimum absolute atomic E-state index is 0.104. The molecule has 0 heterocycles. The lowest BCUT2D eigenvalue weighted by molar-refractivity contribution is -0.139. The summed E-state index contributed by atoms with van der Waals surface area (Å²) in [6.07, 6.45) is 3.67. The Bertz CT molecular complexity index is 492. The van der Waals surface area contributed by atoms with E-state index in [2.05, 4.69) is 11.6 Å². The van der Waals surface area contributed by atoms with Gasteiger partial charge in [0, 0.05) is 11.8 Å². The van der Waals surface area contributed by atoms with Crippen LogP contribution in [0, 0.1) is 5.92 Å². The number of carboxylic acid groups (broad SMARTS) is 1. The van der Waals surface area contributed by atoms with E-state index in [0.717, 1.165) is 5.56 Å². The van der Waals surface area contributed by atoms with Gasteiger partial charge in [-0.3, -0.25) is 4.99 Å². The first-order valence-corrected chi connectivity index (χ1v) is 6.15. The summed E-state index contributed by atoms with van der Waals surface area (Å²) in [6.45, 7) is 7.22. The van der Waals surface area contributed by atoms with Gasteiger partial charge < -0.3 is 10.2 Å². The van der Waals surface area contributed by atoms with Crippen LogP contribution in [0.4, 0.5) is 0 Å². The van der Waals surface area contributed by atoms with Crippen LogP contribution in [0.25, 0.3) is 0 Å². The van der Waals surface area contributed by atoms with Crippen LogP contribution in [-0.2, 0) is 11.2 Å². The predicted molar refractivity (Wildman–Crippen MR) is 75.9 cm³/mol. The number of aliphatic imine (C=N–C) groups is 1. The molecule has 1 atom stereocenters. The molecular formula is C15H19NO3. The molecule has 0 spiro atoms. The van der Waals surface area contributed by atoms with Gasteiger partial charge in [-0.05, 0) is 24.0 Å². The molecule has 0 bridgehead atoms. The van der Waals surface area contributed by atoms with Crippen LogP contribution in [0.3, 0.4) is 0 Å². The third-order valence-corrected chi connectivity index (χ3v) is 2.77. The number of hydrogen-bond donors (Lipinski definition) is 2. The van der Waals surface area contributed by atoms with E-state index >= 15 is 0 Å². The van der Waals surface area contributed by atoms with Crippen molar-refractivity contribution < 1.29 is 15.0 Å². The van der Waals surface area contributed by atoms with Gasteiger partial charge in [-0.1, -0.05) is 32.1 Å². The smallest absolute Gasteiger partial charge is 0.328 e. The molecule has 0 saturated heterocycles. The van der Waals surface area contributed by atoms with Crippen molar-refractivity contribution in [3.63, 3.8) is 0 Å². The van der Waals surface area contributed by atoms with Crippen LogP contribution >= 0.6 is 0 Å². The molecule has 4 heteroatoms. The first kappa shape index (κ1) is 15.0. The van der Waals surface area contributed by atoms with Gasteiger partial charge in [0.1, 0.15) is 11.8 Å². The first-order valence-electron chi connectivity index (χ1n) is 6.15. The average Bonchev–Trinajstić information content (AvgIpc) is 2.33. The van der Waals surface area contributed by atoms with Crippen LogP contribution in [0.2, 0.25) is 0 Å².